The largest absolute Gasteiger partial charge is 0.299 e. The van der Waals surface area contributed by atoms with Gasteiger partial charge >= 0.3 is 0 Å². The van der Waals surface area contributed by atoms with Crippen molar-refractivity contribution in [2.45, 2.75) is 52.1 Å². The molecule has 0 aromatic rings. The highest BCUT2D eigenvalue weighted by atomic mass is 16.1. The molecule has 0 radical (unpaired) electrons. The molecular formula is C10H19NO. The van der Waals surface area contributed by atoms with Gasteiger partial charge in [0.2, 0.25) is 0 Å². The first-order valence-electron chi connectivity index (χ1n) is 4.86. The molecule has 2 heteroatoms. The molecule has 0 spiro atoms. The van der Waals surface area contributed by atoms with Crippen LogP contribution in [-0.4, -0.2) is 29.3 Å². The third-order valence-corrected chi connectivity index (χ3v) is 2.78. The highest BCUT2D eigenvalue weighted by Gasteiger charge is 2.24. The van der Waals surface area contributed by atoms with Gasteiger partial charge in [0.05, 0.1) is 6.54 Å². The van der Waals surface area contributed by atoms with Gasteiger partial charge in [-0.1, -0.05) is 6.42 Å². The Kier molecular flexibility index (Phi) is 3.27. The molecule has 0 saturated carbocycles. The first-order valence-corrected chi connectivity index (χ1v) is 4.86. The highest BCUT2D eigenvalue weighted by Crippen LogP contribution is 2.21. The molecular weight excluding hydrogens is 150 g/mol. The van der Waals surface area contributed by atoms with Crippen LogP contribution < -0.4 is 0 Å². The fraction of sp³-hybridized carbons (Fsp3) is 0.900. The summed E-state index contributed by atoms with van der Waals surface area (Å²) < 4.78 is 0. The molecule has 0 N–H and O–H groups in total. The minimum absolute atomic E-state index is 0.288. The number of hydrogen-bond donors (Lipinski definition) is 0. The van der Waals surface area contributed by atoms with E-state index in [4.69, 9.17) is 0 Å². The molecule has 0 bridgehead atoms. The van der Waals surface area contributed by atoms with E-state index in [2.05, 4.69) is 18.7 Å². The van der Waals surface area contributed by atoms with Gasteiger partial charge in [-0.05, 0) is 33.6 Å². The molecule has 1 aliphatic rings. The van der Waals surface area contributed by atoms with E-state index in [0.717, 1.165) is 0 Å². The Bertz CT molecular complexity index is 157. The van der Waals surface area contributed by atoms with Crippen LogP contribution in [-0.2, 0) is 4.79 Å². The molecule has 2 unspecified atom stereocenters. The second-order valence-electron chi connectivity index (χ2n) is 4.00. The number of rotatable bonds is 2. The van der Waals surface area contributed by atoms with Gasteiger partial charge in [-0.15, -0.1) is 0 Å². The first-order chi connectivity index (χ1) is 5.61. The van der Waals surface area contributed by atoms with E-state index in [1.807, 2.05) is 0 Å². The van der Waals surface area contributed by atoms with Crippen LogP contribution in [0.3, 0.4) is 0 Å². The Morgan fingerprint density at radius 2 is 1.83 bits per heavy atom. The van der Waals surface area contributed by atoms with E-state index in [0.29, 0.717) is 18.6 Å². The molecule has 1 saturated heterocycles. The maximum absolute atomic E-state index is 11.0. The predicted molar refractivity (Wildman–Crippen MR) is 50.2 cm³/mol. The van der Waals surface area contributed by atoms with Crippen molar-refractivity contribution in [1.82, 2.24) is 4.90 Å². The SMILES string of the molecule is CC(=O)CN1C(C)CCCC1C. The normalized spacial score (nSPS) is 31.9. The van der Waals surface area contributed by atoms with Crippen LogP contribution in [0.2, 0.25) is 0 Å². The van der Waals surface area contributed by atoms with E-state index < -0.39 is 0 Å². The molecule has 70 valence electrons. The summed E-state index contributed by atoms with van der Waals surface area (Å²) in [6.45, 7) is 6.76. The number of Topliss-reactive ketones (excluding diaryl/α,β-unsaturated/α-hetero) is 1. The molecule has 0 aromatic carbocycles. The minimum Gasteiger partial charge on any atom is -0.299 e. The number of ketones is 1. The van der Waals surface area contributed by atoms with Crippen molar-refractivity contribution in [2.24, 2.45) is 0 Å². The van der Waals surface area contributed by atoms with Crippen molar-refractivity contribution in [3.05, 3.63) is 0 Å². The predicted octanol–water partition coefficient (Wildman–Crippen LogP) is 1.84. The van der Waals surface area contributed by atoms with Crippen molar-refractivity contribution in [3.63, 3.8) is 0 Å². The van der Waals surface area contributed by atoms with Crippen molar-refractivity contribution < 1.29 is 4.79 Å². The molecule has 1 rings (SSSR count). The third kappa shape index (κ3) is 2.31. The van der Waals surface area contributed by atoms with E-state index in [1.54, 1.807) is 6.92 Å². The van der Waals surface area contributed by atoms with Crippen LogP contribution in [0.5, 0.6) is 0 Å². The number of carbonyl (C=O) groups is 1. The Labute approximate surface area is 74.9 Å². The van der Waals surface area contributed by atoms with E-state index in [-0.39, 0.29) is 5.78 Å². The van der Waals surface area contributed by atoms with Gasteiger partial charge < -0.3 is 0 Å². The summed E-state index contributed by atoms with van der Waals surface area (Å²) in [5, 5.41) is 0. The van der Waals surface area contributed by atoms with Gasteiger partial charge in [-0.2, -0.15) is 0 Å². The Morgan fingerprint density at radius 1 is 1.33 bits per heavy atom. The van der Waals surface area contributed by atoms with Gasteiger partial charge in [-0.3, -0.25) is 9.69 Å². The number of piperidine rings is 1. The minimum atomic E-state index is 0.288. The quantitative estimate of drug-likeness (QED) is 0.628. The van der Waals surface area contributed by atoms with Crippen LogP contribution in [0.1, 0.15) is 40.0 Å². The highest BCUT2D eigenvalue weighted by molar-refractivity contribution is 5.77. The Balaban J connectivity index is 2.50. The summed E-state index contributed by atoms with van der Waals surface area (Å²) in [5.41, 5.74) is 0. The van der Waals surface area contributed by atoms with Gasteiger partial charge in [0, 0.05) is 12.1 Å². The number of likely N-dealkylation sites (tertiary alicyclic amines) is 1. The monoisotopic (exact) mass is 169 g/mol. The standard InChI is InChI=1S/C10H19NO/c1-8-5-4-6-9(2)11(8)7-10(3)12/h8-9H,4-7H2,1-3H3. The zero-order chi connectivity index (χ0) is 9.14. The second kappa shape index (κ2) is 4.04. The lowest BCUT2D eigenvalue weighted by atomic mass is 9.97. The maximum Gasteiger partial charge on any atom is 0.143 e. The number of nitrogens with zero attached hydrogens (tertiary/aromatic N) is 1. The molecule has 12 heavy (non-hydrogen) atoms. The lowest BCUT2D eigenvalue weighted by molar-refractivity contribution is -0.119. The summed E-state index contributed by atoms with van der Waals surface area (Å²) in [7, 11) is 0. The van der Waals surface area contributed by atoms with Crippen molar-refractivity contribution in [3.8, 4) is 0 Å². The van der Waals surface area contributed by atoms with E-state index in [1.165, 1.54) is 19.3 Å². The molecule has 2 nitrogen and oxygen atoms in total. The third-order valence-electron chi connectivity index (χ3n) is 2.78. The summed E-state index contributed by atoms with van der Waals surface area (Å²) in [6, 6.07) is 1.19. The average molecular weight is 169 g/mol. The van der Waals surface area contributed by atoms with Crippen LogP contribution >= 0.6 is 0 Å². The van der Waals surface area contributed by atoms with E-state index in [9.17, 15) is 4.79 Å². The zero-order valence-corrected chi connectivity index (χ0v) is 8.34. The van der Waals surface area contributed by atoms with Crippen LogP contribution in [0.4, 0.5) is 0 Å². The molecule has 1 fully saturated rings. The molecule has 0 amide bonds. The van der Waals surface area contributed by atoms with Crippen molar-refractivity contribution in [1.29, 1.82) is 0 Å². The maximum atomic E-state index is 11.0. The lowest BCUT2D eigenvalue weighted by Crippen LogP contribution is -2.45. The second-order valence-corrected chi connectivity index (χ2v) is 4.00. The smallest absolute Gasteiger partial charge is 0.143 e. The fourth-order valence-corrected chi connectivity index (χ4v) is 2.04. The number of carbonyl (C=O) groups excluding carboxylic acids is 1. The molecule has 0 aliphatic carbocycles. The molecule has 1 heterocycles. The van der Waals surface area contributed by atoms with Crippen molar-refractivity contribution >= 4 is 5.78 Å². The lowest BCUT2D eigenvalue weighted by Gasteiger charge is -2.38. The summed E-state index contributed by atoms with van der Waals surface area (Å²) >= 11 is 0. The van der Waals surface area contributed by atoms with Crippen LogP contribution in [0.15, 0.2) is 0 Å². The summed E-state index contributed by atoms with van der Waals surface area (Å²) in [6.07, 6.45) is 3.81. The number of hydrogen-bond acceptors (Lipinski definition) is 2. The van der Waals surface area contributed by atoms with Crippen LogP contribution in [0.25, 0.3) is 0 Å². The Morgan fingerprint density at radius 3 is 2.25 bits per heavy atom. The van der Waals surface area contributed by atoms with E-state index >= 15 is 0 Å². The molecule has 0 aromatic heterocycles. The van der Waals surface area contributed by atoms with Crippen LogP contribution in [0, 0.1) is 0 Å². The van der Waals surface area contributed by atoms with Gasteiger partial charge in [-0.25, -0.2) is 0 Å². The molecule has 1 aliphatic heterocycles. The first kappa shape index (κ1) is 9.72. The average Bonchev–Trinajstić information content (AvgIpc) is 1.97. The van der Waals surface area contributed by atoms with Gasteiger partial charge in [0.15, 0.2) is 0 Å². The topological polar surface area (TPSA) is 20.3 Å². The zero-order valence-electron chi connectivity index (χ0n) is 8.34. The fourth-order valence-electron chi connectivity index (χ4n) is 2.04. The summed E-state index contributed by atoms with van der Waals surface area (Å²) in [5.74, 6) is 0.288. The van der Waals surface area contributed by atoms with Gasteiger partial charge in [0.1, 0.15) is 5.78 Å². The van der Waals surface area contributed by atoms with Gasteiger partial charge in [0.25, 0.3) is 0 Å². The summed E-state index contributed by atoms with van der Waals surface area (Å²) in [4.78, 5) is 13.3. The molecule has 2 atom stereocenters. The van der Waals surface area contributed by atoms with Crippen molar-refractivity contribution in [2.75, 3.05) is 6.54 Å². The Hall–Kier alpha value is -0.370.